The Morgan fingerprint density at radius 2 is 2.00 bits per heavy atom. The zero-order valence-corrected chi connectivity index (χ0v) is 15.6. The van der Waals surface area contributed by atoms with Gasteiger partial charge in [-0.15, -0.1) is 0 Å². The number of carbonyl (C=O) groups excluding carboxylic acids is 1. The normalized spacial score (nSPS) is 11.3. The Bertz CT molecular complexity index is 866. The van der Waals surface area contributed by atoms with Crippen LogP contribution in [0.4, 0.5) is 5.69 Å². The van der Waals surface area contributed by atoms with E-state index in [0.717, 1.165) is 46.7 Å². The van der Waals surface area contributed by atoms with E-state index in [9.17, 15) is 10.1 Å². The molecule has 0 atom stereocenters. The van der Waals surface area contributed by atoms with Crippen molar-refractivity contribution in [2.75, 3.05) is 5.32 Å². The number of nitriles is 1. The third-order valence-corrected chi connectivity index (χ3v) is 4.58. The van der Waals surface area contributed by atoms with Crippen molar-refractivity contribution in [3.8, 4) is 6.07 Å². The molecule has 4 nitrogen and oxygen atoms in total. The summed E-state index contributed by atoms with van der Waals surface area (Å²) in [6.45, 7) is 11.1. The smallest absolute Gasteiger partial charge is 0.266 e. The summed E-state index contributed by atoms with van der Waals surface area (Å²) in [6, 6.07) is 9.79. The van der Waals surface area contributed by atoms with Crippen LogP contribution in [-0.4, -0.2) is 10.5 Å². The fraction of sp³-hybridized carbons (Fsp3) is 0.333. The summed E-state index contributed by atoms with van der Waals surface area (Å²) < 4.78 is 2.21. The van der Waals surface area contributed by atoms with E-state index in [0.29, 0.717) is 0 Å². The molecular weight excluding hydrogens is 310 g/mol. The van der Waals surface area contributed by atoms with Gasteiger partial charge in [0.25, 0.3) is 5.91 Å². The Morgan fingerprint density at radius 3 is 2.64 bits per heavy atom. The van der Waals surface area contributed by atoms with Gasteiger partial charge >= 0.3 is 0 Å². The predicted molar refractivity (Wildman–Crippen MR) is 102 cm³/mol. The molecule has 0 aliphatic rings. The minimum absolute atomic E-state index is 0.109. The fourth-order valence-electron chi connectivity index (χ4n) is 2.92. The van der Waals surface area contributed by atoms with Crippen LogP contribution in [0.5, 0.6) is 0 Å². The minimum atomic E-state index is -0.378. The topological polar surface area (TPSA) is 57.8 Å². The highest BCUT2D eigenvalue weighted by atomic mass is 16.1. The monoisotopic (exact) mass is 335 g/mol. The quantitative estimate of drug-likeness (QED) is 0.637. The van der Waals surface area contributed by atoms with Crippen LogP contribution in [-0.2, 0) is 11.3 Å². The molecule has 4 heteroatoms. The van der Waals surface area contributed by atoms with Crippen molar-refractivity contribution in [2.45, 2.75) is 47.6 Å². The first-order valence-corrected chi connectivity index (χ1v) is 8.55. The van der Waals surface area contributed by atoms with Crippen molar-refractivity contribution in [1.82, 2.24) is 4.57 Å². The number of carbonyl (C=O) groups is 1. The number of rotatable bonds is 5. The Labute approximate surface area is 149 Å². The average Bonchev–Trinajstić information content (AvgIpc) is 2.84. The first-order chi connectivity index (χ1) is 11.9. The van der Waals surface area contributed by atoms with Gasteiger partial charge in [0.2, 0.25) is 0 Å². The second-order valence-corrected chi connectivity index (χ2v) is 6.35. The van der Waals surface area contributed by atoms with Crippen molar-refractivity contribution in [3.63, 3.8) is 0 Å². The number of hydrogen-bond acceptors (Lipinski definition) is 2. The molecule has 0 aliphatic carbocycles. The summed E-state index contributed by atoms with van der Waals surface area (Å²) in [5, 5.41) is 12.3. The van der Waals surface area contributed by atoms with Crippen LogP contribution in [0.3, 0.4) is 0 Å². The number of aromatic nitrogens is 1. The second-order valence-electron chi connectivity index (χ2n) is 6.35. The van der Waals surface area contributed by atoms with Crippen LogP contribution in [0.2, 0.25) is 0 Å². The fourth-order valence-corrected chi connectivity index (χ4v) is 2.92. The number of aryl methyl sites for hydroxylation is 2. The van der Waals surface area contributed by atoms with E-state index in [1.54, 1.807) is 6.08 Å². The summed E-state index contributed by atoms with van der Waals surface area (Å²) >= 11 is 0. The molecule has 0 saturated carbocycles. The van der Waals surface area contributed by atoms with Gasteiger partial charge in [-0.25, -0.2) is 0 Å². The molecule has 0 saturated heterocycles. The predicted octanol–water partition coefficient (Wildman–Crippen LogP) is 4.68. The molecule has 1 aromatic heterocycles. The summed E-state index contributed by atoms with van der Waals surface area (Å²) in [4.78, 5) is 12.5. The van der Waals surface area contributed by atoms with Crippen molar-refractivity contribution in [2.24, 2.45) is 0 Å². The van der Waals surface area contributed by atoms with Gasteiger partial charge in [-0.3, -0.25) is 4.79 Å². The van der Waals surface area contributed by atoms with E-state index in [-0.39, 0.29) is 11.5 Å². The van der Waals surface area contributed by atoms with Crippen molar-refractivity contribution in [3.05, 3.63) is 57.9 Å². The molecule has 0 unspecified atom stereocenters. The highest BCUT2D eigenvalue weighted by Gasteiger charge is 2.14. The molecule has 0 spiro atoms. The van der Waals surface area contributed by atoms with Gasteiger partial charge in [-0.2, -0.15) is 5.26 Å². The number of hydrogen-bond donors (Lipinski definition) is 1. The molecule has 2 rings (SSSR count). The van der Waals surface area contributed by atoms with Crippen LogP contribution in [0.15, 0.2) is 29.8 Å². The minimum Gasteiger partial charge on any atom is -0.349 e. The van der Waals surface area contributed by atoms with Gasteiger partial charge in [-0.1, -0.05) is 19.1 Å². The van der Waals surface area contributed by atoms with Gasteiger partial charge in [0.15, 0.2) is 0 Å². The van der Waals surface area contributed by atoms with E-state index in [4.69, 9.17) is 0 Å². The number of amides is 1. The molecule has 25 heavy (non-hydrogen) atoms. The van der Waals surface area contributed by atoms with E-state index >= 15 is 0 Å². The van der Waals surface area contributed by atoms with Crippen LogP contribution >= 0.6 is 0 Å². The Kier molecular flexibility index (Phi) is 5.82. The maximum Gasteiger partial charge on any atom is 0.266 e. The molecule has 130 valence electrons. The summed E-state index contributed by atoms with van der Waals surface area (Å²) in [6.07, 6.45) is 2.71. The molecule has 0 bridgehead atoms. The molecule has 1 amide bonds. The van der Waals surface area contributed by atoms with E-state index in [1.165, 1.54) is 0 Å². The number of nitrogens with zero attached hydrogens (tertiary/aromatic N) is 2. The summed E-state index contributed by atoms with van der Waals surface area (Å²) in [7, 11) is 0. The zero-order chi connectivity index (χ0) is 18.6. The maximum atomic E-state index is 12.5. The van der Waals surface area contributed by atoms with E-state index in [1.807, 2.05) is 58.0 Å². The molecule has 1 N–H and O–H groups in total. The molecule has 0 radical (unpaired) electrons. The lowest BCUT2D eigenvalue weighted by molar-refractivity contribution is -0.112. The lowest BCUT2D eigenvalue weighted by Crippen LogP contribution is -2.14. The van der Waals surface area contributed by atoms with Crippen molar-refractivity contribution in [1.29, 1.82) is 5.26 Å². The Balaban J connectivity index is 2.32. The Morgan fingerprint density at radius 1 is 1.28 bits per heavy atom. The van der Waals surface area contributed by atoms with E-state index in [2.05, 4.69) is 16.8 Å². The average molecular weight is 335 g/mol. The Hall–Kier alpha value is -2.80. The van der Waals surface area contributed by atoms with Crippen LogP contribution in [0, 0.1) is 39.0 Å². The van der Waals surface area contributed by atoms with Gasteiger partial charge in [0, 0.05) is 23.6 Å². The molecule has 1 heterocycles. The van der Waals surface area contributed by atoms with E-state index < -0.39 is 0 Å². The standard InChI is InChI=1S/C21H25N3O/c1-6-10-24-15(3)11-18(17(24)5)12-19(13-22)21(25)23-20-9-7-8-14(2)16(20)4/h7-9,11-12H,6,10H2,1-5H3,(H,23,25)/b19-12+. The van der Waals surface area contributed by atoms with Crippen molar-refractivity contribution < 1.29 is 4.79 Å². The second kappa shape index (κ2) is 7.85. The summed E-state index contributed by atoms with van der Waals surface area (Å²) in [5.74, 6) is -0.378. The number of anilines is 1. The SMILES string of the molecule is CCCn1c(C)cc(/C=C(\C#N)C(=O)Nc2cccc(C)c2C)c1C. The molecule has 0 aliphatic heterocycles. The molecular formula is C21H25N3O. The third-order valence-electron chi connectivity index (χ3n) is 4.58. The largest absolute Gasteiger partial charge is 0.349 e. The zero-order valence-electron chi connectivity index (χ0n) is 15.6. The first-order valence-electron chi connectivity index (χ1n) is 8.55. The first kappa shape index (κ1) is 18.5. The molecule has 2 aromatic rings. The van der Waals surface area contributed by atoms with Gasteiger partial charge in [-0.05, 0) is 69.0 Å². The lowest BCUT2D eigenvalue weighted by Gasteiger charge is -2.10. The van der Waals surface area contributed by atoms with Gasteiger partial charge < -0.3 is 9.88 Å². The molecule has 0 fully saturated rings. The highest BCUT2D eigenvalue weighted by Crippen LogP contribution is 2.21. The number of benzene rings is 1. The third kappa shape index (κ3) is 4.00. The summed E-state index contributed by atoms with van der Waals surface area (Å²) in [5.41, 5.74) is 6.08. The van der Waals surface area contributed by atoms with Gasteiger partial charge in [0.1, 0.15) is 11.6 Å². The van der Waals surface area contributed by atoms with Crippen LogP contribution in [0.25, 0.3) is 6.08 Å². The van der Waals surface area contributed by atoms with Gasteiger partial charge in [0.05, 0.1) is 0 Å². The van der Waals surface area contributed by atoms with Crippen LogP contribution < -0.4 is 5.32 Å². The number of nitrogens with one attached hydrogen (secondary N) is 1. The van der Waals surface area contributed by atoms with Crippen molar-refractivity contribution >= 4 is 17.7 Å². The lowest BCUT2D eigenvalue weighted by atomic mass is 10.1. The molecule has 1 aromatic carbocycles. The highest BCUT2D eigenvalue weighted by molar-refractivity contribution is 6.10. The van der Waals surface area contributed by atoms with Crippen LogP contribution in [0.1, 0.15) is 41.4 Å². The maximum absolute atomic E-state index is 12.5.